The van der Waals surface area contributed by atoms with Gasteiger partial charge in [0.25, 0.3) is 0 Å². The zero-order chi connectivity index (χ0) is 12.9. The molecule has 0 amide bonds. The summed E-state index contributed by atoms with van der Waals surface area (Å²) in [7, 11) is 0. The molecule has 0 aromatic rings. The Morgan fingerprint density at radius 3 is 2.41 bits per heavy atom. The highest BCUT2D eigenvalue weighted by atomic mass is 16.5. The monoisotopic (exact) mass is 242 g/mol. The summed E-state index contributed by atoms with van der Waals surface area (Å²) in [6, 6.07) is 0. The second-order valence-electron chi connectivity index (χ2n) is 5.74. The fourth-order valence-electron chi connectivity index (χ4n) is 2.59. The van der Waals surface area contributed by atoms with Crippen molar-refractivity contribution in [1.82, 2.24) is 0 Å². The molecule has 1 aliphatic carbocycles. The van der Waals surface area contributed by atoms with Crippen LogP contribution in [0.1, 0.15) is 59.3 Å². The molecule has 1 aliphatic rings. The van der Waals surface area contributed by atoms with Crippen LogP contribution in [0.15, 0.2) is 0 Å². The molecular formula is C14H26O3. The first kappa shape index (κ1) is 14.5. The Labute approximate surface area is 105 Å². The highest BCUT2D eigenvalue weighted by Crippen LogP contribution is 2.37. The number of carboxylic acid groups (broad SMARTS) is 1. The van der Waals surface area contributed by atoms with Gasteiger partial charge >= 0.3 is 5.97 Å². The second-order valence-corrected chi connectivity index (χ2v) is 5.74. The summed E-state index contributed by atoms with van der Waals surface area (Å²) in [4.78, 5) is 11.4. The maximum Gasteiger partial charge on any atom is 0.335 e. The van der Waals surface area contributed by atoms with Crippen LogP contribution in [0.4, 0.5) is 0 Å². The summed E-state index contributed by atoms with van der Waals surface area (Å²) in [6.45, 7) is 6.84. The van der Waals surface area contributed by atoms with Gasteiger partial charge < -0.3 is 9.84 Å². The van der Waals surface area contributed by atoms with Crippen molar-refractivity contribution in [3.63, 3.8) is 0 Å². The maximum absolute atomic E-state index is 11.4. The zero-order valence-electron chi connectivity index (χ0n) is 11.4. The van der Waals surface area contributed by atoms with Crippen molar-refractivity contribution in [2.75, 3.05) is 6.61 Å². The lowest BCUT2D eigenvalue weighted by atomic mass is 9.77. The molecule has 0 aliphatic heterocycles. The number of carboxylic acids is 1. The van der Waals surface area contributed by atoms with E-state index in [0.717, 1.165) is 12.8 Å². The van der Waals surface area contributed by atoms with Gasteiger partial charge in [-0.3, -0.25) is 0 Å². The standard InChI is InChI=1S/C14H26O3/c1-4-5-12-6-8-14(9-7-12,13(15)16)17-10-11(2)3/h11-12H,4-10H2,1-3H3,(H,15,16). The first-order valence-electron chi connectivity index (χ1n) is 6.87. The second kappa shape index (κ2) is 6.39. The third kappa shape index (κ3) is 3.98. The molecule has 3 heteroatoms. The summed E-state index contributed by atoms with van der Waals surface area (Å²) in [5, 5.41) is 9.39. The Morgan fingerprint density at radius 2 is 2.00 bits per heavy atom. The van der Waals surface area contributed by atoms with Crippen molar-refractivity contribution < 1.29 is 14.6 Å². The molecule has 1 rings (SSSR count). The molecule has 0 aromatic heterocycles. The smallest absolute Gasteiger partial charge is 0.335 e. The lowest BCUT2D eigenvalue weighted by Crippen LogP contribution is -2.45. The number of rotatable bonds is 6. The number of hydrogen-bond donors (Lipinski definition) is 1. The van der Waals surface area contributed by atoms with Crippen LogP contribution in [0, 0.1) is 11.8 Å². The van der Waals surface area contributed by atoms with Crippen molar-refractivity contribution in [2.24, 2.45) is 11.8 Å². The van der Waals surface area contributed by atoms with Gasteiger partial charge in [0.05, 0.1) is 6.61 Å². The minimum atomic E-state index is -0.894. The lowest BCUT2D eigenvalue weighted by molar-refractivity contribution is -0.174. The molecule has 0 radical (unpaired) electrons. The molecular weight excluding hydrogens is 216 g/mol. The summed E-state index contributed by atoms with van der Waals surface area (Å²) in [5.74, 6) is 0.322. The summed E-state index contributed by atoms with van der Waals surface area (Å²) in [5.41, 5.74) is -0.894. The van der Waals surface area contributed by atoms with Crippen LogP contribution in [-0.2, 0) is 9.53 Å². The SMILES string of the molecule is CCCC1CCC(OCC(C)C)(C(=O)O)CC1. The van der Waals surface area contributed by atoms with Crippen LogP contribution in [-0.4, -0.2) is 23.3 Å². The van der Waals surface area contributed by atoms with Gasteiger partial charge in [0.15, 0.2) is 5.60 Å². The summed E-state index contributed by atoms with van der Waals surface area (Å²) < 4.78 is 5.72. The minimum Gasteiger partial charge on any atom is -0.479 e. The van der Waals surface area contributed by atoms with Crippen LogP contribution in [0.5, 0.6) is 0 Å². The topological polar surface area (TPSA) is 46.5 Å². The van der Waals surface area contributed by atoms with E-state index in [9.17, 15) is 9.90 Å². The van der Waals surface area contributed by atoms with E-state index in [1.165, 1.54) is 12.8 Å². The first-order valence-corrected chi connectivity index (χ1v) is 6.87. The van der Waals surface area contributed by atoms with Crippen LogP contribution in [0.25, 0.3) is 0 Å². The van der Waals surface area contributed by atoms with E-state index in [2.05, 4.69) is 20.8 Å². The molecule has 0 unspecified atom stereocenters. The van der Waals surface area contributed by atoms with E-state index in [1.807, 2.05) is 0 Å². The van der Waals surface area contributed by atoms with E-state index < -0.39 is 11.6 Å². The molecule has 0 aromatic carbocycles. The zero-order valence-corrected chi connectivity index (χ0v) is 11.4. The Bertz CT molecular complexity index is 240. The van der Waals surface area contributed by atoms with Gasteiger partial charge in [0.1, 0.15) is 0 Å². The molecule has 1 saturated carbocycles. The van der Waals surface area contributed by atoms with Crippen molar-refractivity contribution in [3.8, 4) is 0 Å². The van der Waals surface area contributed by atoms with Gasteiger partial charge in [-0.15, -0.1) is 0 Å². The van der Waals surface area contributed by atoms with E-state index in [0.29, 0.717) is 31.3 Å². The molecule has 0 heterocycles. The number of carbonyl (C=O) groups is 1. The Morgan fingerprint density at radius 1 is 1.41 bits per heavy atom. The molecule has 0 saturated heterocycles. The van der Waals surface area contributed by atoms with E-state index in [1.54, 1.807) is 0 Å². The highest BCUT2D eigenvalue weighted by Gasteiger charge is 2.42. The summed E-state index contributed by atoms with van der Waals surface area (Å²) in [6.07, 6.45) is 5.77. The fourth-order valence-corrected chi connectivity index (χ4v) is 2.59. The molecule has 1 N–H and O–H groups in total. The van der Waals surface area contributed by atoms with E-state index >= 15 is 0 Å². The highest BCUT2D eigenvalue weighted by molar-refractivity contribution is 5.77. The molecule has 1 fully saturated rings. The van der Waals surface area contributed by atoms with Crippen LogP contribution < -0.4 is 0 Å². The number of hydrogen-bond acceptors (Lipinski definition) is 2. The average molecular weight is 242 g/mol. The predicted molar refractivity (Wildman–Crippen MR) is 68.0 cm³/mol. The molecule has 17 heavy (non-hydrogen) atoms. The Kier molecular flexibility index (Phi) is 5.44. The van der Waals surface area contributed by atoms with Gasteiger partial charge in [-0.1, -0.05) is 33.6 Å². The molecule has 0 atom stereocenters. The predicted octanol–water partition coefficient (Wildman–Crippen LogP) is 3.47. The molecule has 3 nitrogen and oxygen atoms in total. The average Bonchev–Trinajstić information content (AvgIpc) is 2.28. The van der Waals surface area contributed by atoms with E-state index in [4.69, 9.17) is 4.74 Å². The van der Waals surface area contributed by atoms with Crippen LogP contribution >= 0.6 is 0 Å². The van der Waals surface area contributed by atoms with Crippen LogP contribution in [0.3, 0.4) is 0 Å². The van der Waals surface area contributed by atoms with Gasteiger partial charge in [-0.2, -0.15) is 0 Å². The number of aliphatic carboxylic acids is 1. The van der Waals surface area contributed by atoms with Gasteiger partial charge in [-0.25, -0.2) is 4.79 Å². The quantitative estimate of drug-likeness (QED) is 0.775. The molecule has 0 spiro atoms. The Balaban J connectivity index is 2.54. The van der Waals surface area contributed by atoms with Crippen molar-refractivity contribution in [1.29, 1.82) is 0 Å². The molecule has 0 bridgehead atoms. The first-order chi connectivity index (χ1) is 8.00. The summed E-state index contributed by atoms with van der Waals surface area (Å²) >= 11 is 0. The maximum atomic E-state index is 11.4. The fraction of sp³-hybridized carbons (Fsp3) is 0.929. The van der Waals surface area contributed by atoms with E-state index in [-0.39, 0.29) is 0 Å². The van der Waals surface area contributed by atoms with Crippen molar-refractivity contribution >= 4 is 5.97 Å². The third-order valence-electron chi connectivity index (χ3n) is 3.69. The largest absolute Gasteiger partial charge is 0.479 e. The minimum absolute atomic E-state index is 0.389. The van der Waals surface area contributed by atoms with Crippen molar-refractivity contribution in [2.45, 2.75) is 64.9 Å². The van der Waals surface area contributed by atoms with Gasteiger partial charge in [-0.05, 0) is 37.5 Å². The van der Waals surface area contributed by atoms with Gasteiger partial charge in [0.2, 0.25) is 0 Å². The normalized spacial score (nSPS) is 29.5. The Hall–Kier alpha value is -0.570. The molecule has 100 valence electrons. The number of ether oxygens (including phenoxy) is 1. The lowest BCUT2D eigenvalue weighted by Gasteiger charge is -2.37. The van der Waals surface area contributed by atoms with Gasteiger partial charge in [0, 0.05) is 0 Å². The van der Waals surface area contributed by atoms with Crippen LogP contribution in [0.2, 0.25) is 0 Å². The van der Waals surface area contributed by atoms with Crippen molar-refractivity contribution in [3.05, 3.63) is 0 Å². The third-order valence-corrected chi connectivity index (χ3v) is 3.69.